The monoisotopic (exact) mass is 385 g/mol. The SMILES string of the molecule is O=C1COc2cc(Br)ccc2N1C(c1ccccc1)C(F)(F)F. The quantitative estimate of drug-likeness (QED) is 0.762. The van der Waals surface area contributed by atoms with E-state index in [0.717, 1.165) is 4.90 Å². The Kier molecular flexibility index (Phi) is 4.06. The van der Waals surface area contributed by atoms with Crippen molar-refractivity contribution in [2.45, 2.75) is 12.2 Å². The average molecular weight is 386 g/mol. The van der Waals surface area contributed by atoms with Crippen molar-refractivity contribution in [3.05, 3.63) is 58.6 Å². The first kappa shape index (κ1) is 15.9. The van der Waals surface area contributed by atoms with Gasteiger partial charge in [0.25, 0.3) is 5.91 Å². The highest BCUT2D eigenvalue weighted by molar-refractivity contribution is 9.10. The summed E-state index contributed by atoms with van der Waals surface area (Å²) in [6.45, 7) is -0.428. The van der Waals surface area contributed by atoms with Crippen molar-refractivity contribution in [3.63, 3.8) is 0 Å². The average Bonchev–Trinajstić information content (AvgIpc) is 2.50. The smallest absolute Gasteiger partial charge is 0.413 e. The molecule has 0 bridgehead atoms. The highest BCUT2D eigenvalue weighted by Crippen LogP contribution is 2.45. The molecule has 1 heterocycles. The molecule has 3 nitrogen and oxygen atoms in total. The Hall–Kier alpha value is -2.02. The van der Waals surface area contributed by atoms with Crippen LogP contribution in [0.1, 0.15) is 11.6 Å². The van der Waals surface area contributed by atoms with Gasteiger partial charge in [-0.15, -0.1) is 0 Å². The zero-order valence-electron chi connectivity index (χ0n) is 11.7. The number of amides is 1. The van der Waals surface area contributed by atoms with E-state index >= 15 is 0 Å². The van der Waals surface area contributed by atoms with E-state index in [-0.39, 0.29) is 17.0 Å². The van der Waals surface area contributed by atoms with E-state index in [0.29, 0.717) is 4.47 Å². The Morgan fingerprint density at radius 3 is 2.48 bits per heavy atom. The van der Waals surface area contributed by atoms with Gasteiger partial charge in [0, 0.05) is 4.47 Å². The Bertz CT molecular complexity index is 734. The van der Waals surface area contributed by atoms with Crippen molar-refractivity contribution < 1.29 is 22.7 Å². The van der Waals surface area contributed by atoms with Gasteiger partial charge in [0.2, 0.25) is 0 Å². The number of ether oxygens (including phenoxy) is 1. The zero-order chi connectivity index (χ0) is 16.6. The maximum absolute atomic E-state index is 13.7. The summed E-state index contributed by atoms with van der Waals surface area (Å²) in [5, 5.41) is 0. The predicted octanol–water partition coefficient (Wildman–Crippen LogP) is 4.48. The predicted molar refractivity (Wildman–Crippen MR) is 82.4 cm³/mol. The molecular weight excluding hydrogens is 375 g/mol. The van der Waals surface area contributed by atoms with Crippen LogP contribution in [0.5, 0.6) is 5.75 Å². The van der Waals surface area contributed by atoms with E-state index in [2.05, 4.69) is 15.9 Å². The van der Waals surface area contributed by atoms with Gasteiger partial charge in [-0.3, -0.25) is 9.69 Å². The molecule has 0 radical (unpaired) electrons. The Balaban J connectivity index is 2.15. The van der Waals surface area contributed by atoms with Gasteiger partial charge in [-0.05, 0) is 23.8 Å². The third-order valence-electron chi connectivity index (χ3n) is 3.48. The molecular formula is C16H11BrF3NO2. The second kappa shape index (κ2) is 5.88. The molecule has 0 N–H and O–H groups in total. The molecule has 1 aliphatic heterocycles. The minimum Gasteiger partial charge on any atom is -0.482 e. The number of rotatable bonds is 2. The standard InChI is InChI=1S/C16H11BrF3NO2/c17-11-6-7-12-13(8-11)23-9-14(22)21(12)15(16(18,19)20)10-4-2-1-3-5-10/h1-8,15H,9H2. The van der Waals surface area contributed by atoms with Gasteiger partial charge in [-0.2, -0.15) is 13.2 Å². The van der Waals surface area contributed by atoms with Gasteiger partial charge in [0.15, 0.2) is 12.6 Å². The minimum atomic E-state index is -4.61. The minimum absolute atomic E-state index is 0.00381. The lowest BCUT2D eigenvalue weighted by Crippen LogP contribution is -2.46. The van der Waals surface area contributed by atoms with E-state index in [4.69, 9.17) is 4.74 Å². The van der Waals surface area contributed by atoms with E-state index < -0.39 is 24.7 Å². The molecule has 0 spiro atoms. The summed E-state index contributed by atoms with van der Waals surface area (Å²) < 4.78 is 47.0. The van der Waals surface area contributed by atoms with Crippen LogP contribution in [-0.2, 0) is 4.79 Å². The number of benzene rings is 2. The molecule has 7 heteroatoms. The first-order chi connectivity index (χ1) is 10.9. The second-order valence-electron chi connectivity index (χ2n) is 5.02. The van der Waals surface area contributed by atoms with Crippen molar-refractivity contribution in [2.75, 3.05) is 11.5 Å². The number of halogens is 4. The number of fused-ring (bicyclic) bond motifs is 1. The Labute approximate surface area is 138 Å². The van der Waals surface area contributed by atoms with Crippen molar-refractivity contribution in [2.24, 2.45) is 0 Å². The normalized spacial score (nSPS) is 15.8. The number of alkyl halides is 3. The highest BCUT2D eigenvalue weighted by atomic mass is 79.9. The molecule has 0 aliphatic carbocycles. The number of carbonyl (C=O) groups excluding carboxylic acids is 1. The fraction of sp³-hybridized carbons (Fsp3) is 0.188. The Morgan fingerprint density at radius 1 is 1.13 bits per heavy atom. The molecule has 0 saturated carbocycles. The van der Waals surface area contributed by atoms with E-state index in [1.165, 1.54) is 30.3 Å². The molecule has 1 atom stereocenters. The van der Waals surface area contributed by atoms with Gasteiger partial charge in [0.1, 0.15) is 5.75 Å². The molecule has 2 aromatic carbocycles. The maximum atomic E-state index is 13.7. The summed E-state index contributed by atoms with van der Waals surface area (Å²) in [4.78, 5) is 13.0. The van der Waals surface area contributed by atoms with Gasteiger partial charge < -0.3 is 4.74 Å². The van der Waals surface area contributed by atoms with Crippen LogP contribution in [0.15, 0.2) is 53.0 Å². The summed E-state index contributed by atoms with van der Waals surface area (Å²) >= 11 is 3.24. The second-order valence-corrected chi connectivity index (χ2v) is 5.93. The van der Waals surface area contributed by atoms with Gasteiger partial charge in [0.05, 0.1) is 5.69 Å². The van der Waals surface area contributed by atoms with Crippen LogP contribution < -0.4 is 9.64 Å². The largest absolute Gasteiger partial charge is 0.482 e. The molecule has 1 amide bonds. The third-order valence-corrected chi connectivity index (χ3v) is 3.98. The summed E-state index contributed by atoms with van der Waals surface area (Å²) in [7, 11) is 0. The van der Waals surface area contributed by atoms with Crippen LogP contribution in [0.4, 0.5) is 18.9 Å². The molecule has 0 fully saturated rings. The molecule has 3 rings (SSSR count). The Morgan fingerprint density at radius 2 is 1.83 bits per heavy atom. The van der Waals surface area contributed by atoms with Crippen LogP contribution in [0.2, 0.25) is 0 Å². The van der Waals surface area contributed by atoms with Crippen LogP contribution in [0, 0.1) is 0 Å². The van der Waals surface area contributed by atoms with Gasteiger partial charge >= 0.3 is 6.18 Å². The van der Waals surface area contributed by atoms with Crippen molar-refractivity contribution >= 4 is 27.5 Å². The third kappa shape index (κ3) is 3.06. The first-order valence-electron chi connectivity index (χ1n) is 6.74. The maximum Gasteiger partial charge on any atom is 0.413 e. The number of anilines is 1. The van der Waals surface area contributed by atoms with Crippen LogP contribution >= 0.6 is 15.9 Å². The van der Waals surface area contributed by atoms with Crippen LogP contribution in [-0.4, -0.2) is 18.7 Å². The van der Waals surface area contributed by atoms with E-state index in [9.17, 15) is 18.0 Å². The summed E-state index contributed by atoms with van der Waals surface area (Å²) in [5.41, 5.74) is 0.111. The molecule has 120 valence electrons. The fourth-order valence-electron chi connectivity index (χ4n) is 2.55. The van der Waals surface area contributed by atoms with Crippen molar-refractivity contribution in [1.82, 2.24) is 0 Å². The molecule has 23 heavy (non-hydrogen) atoms. The van der Waals surface area contributed by atoms with Crippen LogP contribution in [0.3, 0.4) is 0 Å². The fourth-order valence-corrected chi connectivity index (χ4v) is 2.89. The topological polar surface area (TPSA) is 29.5 Å². The highest BCUT2D eigenvalue weighted by Gasteiger charge is 2.48. The number of hydrogen-bond acceptors (Lipinski definition) is 2. The molecule has 0 aromatic heterocycles. The lowest BCUT2D eigenvalue weighted by molar-refractivity contribution is -0.156. The molecule has 1 aliphatic rings. The lowest BCUT2D eigenvalue weighted by atomic mass is 10.0. The molecule has 0 saturated heterocycles. The van der Waals surface area contributed by atoms with Crippen LogP contribution in [0.25, 0.3) is 0 Å². The first-order valence-corrected chi connectivity index (χ1v) is 7.53. The summed E-state index contributed by atoms with van der Waals surface area (Å²) in [6, 6.07) is 9.89. The van der Waals surface area contributed by atoms with Gasteiger partial charge in [-0.25, -0.2) is 0 Å². The van der Waals surface area contributed by atoms with Crippen molar-refractivity contribution in [3.8, 4) is 5.75 Å². The van der Waals surface area contributed by atoms with Crippen molar-refractivity contribution in [1.29, 1.82) is 0 Å². The number of hydrogen-bond donors (Lipinski definition) is 0. The summed E-state index contributed by atoms with van der Waals surface area (Å²) in [6.07, 6.45) is -4.61. The zero-order valence-corrected chi connectivity index (χ0v) is 13.3. The number of carbonyl (C=O) groups is 1. The lowest BCUT2D eigenvalue weighted by Gasteiger charge is -2.37. The molecule has 1 unspecified atom stereocenters. The number of nitrogens with zero attached hydrogens (tertiary/aromatic N) is 1. The van der Waals surface area contributed by atoms with E-state index in [1.54, 1.807) is 18.2 Å². The van der Waals surface area contributed by atoms with Gasteiger partial charge in [-0.1, -0.05) is 46.3 Å². The summed E-state index contributed by atoms with van der Waals surface area (Å²) in [5.74, 6) is -0.491. The van der Waals surface area contributed by atoms with E-state index in [1.807, 2.05) is 0 Å². The molecule has 2 aromatic rings.